The lowest BCUT2D eigenvalue weighted by Crippen LogP contribution is -1.95. The highest BCUT2D eigenvalue weighted by atomic mass is 35.5. The fourth-order valence-corrected chi connectivity index (χ4v) is 1.02. The molecule has 0 spiro atoms. The molecule has 1 aromatic heterocycles. The second kappa shape index (κ2) is 4.52. The highest BCUT2D eigenvalue weighted by Gasteiger charge is 2.13. The third-order valence-electron chi connectivity index (χ3n) is 1.44. The van der Waals surface area contributed by atoms with Gasteiger partial charge in [-0.15, -0.1) is 0 Å². The zero-order chi connectivity index (χ0) is 11.4. The first-order valence-corrected chi connectivity index (χ1v) is 4.09. The molecule has 0 aliphatic carbocycles. The Morgan fingerprint density at radius 3 is 2.87 bits per heavy atom. The molecule has 0 aliphatic rings. The summed E-state index contributed by atoms with van der Waals surface area (Å²) in [7, 11) is 0. The van der Waals surface area contributed by atoms with Crippen LogP contribution in [-0.2, 0) is 4.79 Å². The Bertz CT molecular complexity index is 444. The first-order chi connectivity index (χ1) is 7.00. The van der Waals surface area contributed by atoms with Crippen molar-refractivity contribution in [3.8, 4) is 0 Å². The molecule has 6 nitrogen and oxygen atoms in total. The summed E-state index contributed by atoms with van der Waals surface area (Å²) in [6.45, 7) is 0. The van der Waals surface area contributed by atoms with Crippen LogP contribution in [-0.4, -0.2) is 21.0 Å². The number of aromatic nitrogens is 1. The maximum Gasteiger partial charge on any atom is 0.328 e. The SMILES string of the molecule is O=C(O)C=Cc1ncc(Cl)cc1[N+](=O)[O-]. The number of carboxylic acid groups (broad SMARTS) is 1. The quantitative estimate of drug-likeness (QED) is 0.483. The summed E-state index contributed by atoms with van der Waals surface area (Å²) in [5, 5.41) is 19.0. The van der Waals surface area contributed by atoms with E-state index in [1.807, 2.05) is 0 Å². The summed E-state index contributed by atoms with van der Waals surface area (Å²) in [5.74, 6) is -1.21. The van der Waals surface area contributed by atoms with Crippen LogP contribution in [0.3, 0.4) is 0 Å². The molecule has 0 bridgehead atoms. The molecule has 0 unspecified atom stereocenters. The Hall–Kier alpha value is -1.95. The van der Waals surface area contributed by atoms with Gasteiger partial charge in [-0.1, -0.05) is 11.6 Å². The average molecular weight is 229 g/mol. The minimum atomic E-state index is -1.21. The second-order valence-corrected chi connectivity index (χ2v) is 2.92. The zero-order valence-electron chi connectivity index (χ0n) is 7.25. The lowest BCUT2D eigenvalue weighted by molar-refractivity contribution is -0.385. The van der Waals surface area contributed by atoms with Gasteiger partial charge in [-0.3, -0.25) is 10.1 Å². The van der Waals surface area contributed by atoms with E-state index >= 15 is 0 Å². The Kier molecular flexibility index (Phi) is 3.35. The third-order valence-corrected chi connectivity index (χ3v) is 1.65. The number of nitro groups is 1. The van der Waals surface area contributed by atoms with Crippen molar-refractivity contribution in [3.05, 3.63) is 39.2 Å². The maximum atomic E-state index is 10.5. The van der Waals surface area contributed by atoms with E-state index in [0.717, 1.165) is 18.2 Å². The van der Waals surface area contributed by atoms with Crippen molar-refractivity contribution >= 4 is 29.3 Å². The Morgan fingerprint density at radius 2 is 2.33 bits per heavy atom. The number of hydrogen-bond donors (Lipinski definition) is 1. The molecule has 1 aromatic rings. The number of nitrogens with zero attached hydrogens (tertiary/aromatic N) is 2. The molecule has 0 amide bonds. The van der Waals surface area contributed by atoms with E-state index in [-0.39, 0.29) is 16.4 Å². The fraction of sp³-hybridized carbons (Fsp3) is 0. The van der Waals surface area contributed by atoms with E-state index in [0.29, 0.717) is 0 Å². The molecule has 0 aromatic carbocycles. The average Bonchev–Trinajstić information content (AvgIpc) is 2.15. The normalized spacial score (nSPS) is 10.5. The van der Waals surface area contributed by atoms with Crippen molar-refractivity contribution in [1.29, 1.82) is 0 Å². The van der Waals surface area contributed by atoms with Crippen LogP contribution in [0.2, 0.25) is 5.02 Å². The molecule has 1 rings (SSSR count). The Labute approximate surface area is 89.0 Å². The summed E-state index contributed by atoms with van der Waals surface area (Å²) in [6, 6.07) is 1.11. The monoisotopic (exact) mass is 228 g/mol. The van der Waals surface area contributed by atoms with Crippen LogP contribution >= 0.6 is 11.6 Å². The molecule has 0 atom stereocenters. The maximum absolute atomic E-state index is 10.5. The number of hydrogen-bond acceptors (Lipinski definition) is 4. The summed E-state index contributed by atoms with van der Waals surface area (Å²) in [5.41, 5.74) is -0.383. The largest absolute Gasteiger partial charge is 0.478 e. The molecule has 0 fully saturated rings. The van der Waals surface area contributed by atoms with Crippen molar-refractivity contribution in [1.82, 2.24) is 4.98 Å². The smallest absolute Gasteiger partial charge is 0.328 e. The summed E-state index contributed by atoms with van der Waals surface area (Å²) < 4.78 is 0. The van der Waals surface area contributed by atoms with Gasteiger partial charge in [0, 0.05) is 18.3 Å². The van der Waals surface area contributed by atoms with E-state index in [4.69, 9.17) is 16.7 Å². The lowest BCUT2D eigenvalue weighted by Gasteiger charge is -1.96. The standard InChI is InChI=1S/C8H5ClN2O4/c9-5-3-7(11(14)15)6(10-4-5)1-2-8(12)13/h1-4H,(H,12,13). The highest BCUT2D eigenvalue weighted by Crippen LogP contribution is 2.21. The second-order valence-electron chi connectivity index (χ2n) is 2.49. The third kappa shape index (κ3) is 3.03. The number of rotatable bonds is 3. The molecule has 7 heteroatoms. The summed E-state index contributed by atoms with van der Waals surface area (Å²) in [4.78, 5) is 23.7. The first kappa shape index (κ1) is 11.1. The van der Waals surface area contributed by atoms with Crippen molar-refractivity contribution in [3.63, 3.8) is 0 Å². The van der Waals surface area contributed by atoms with Gasteiger partial charge in [0.2, 0.25) is 0 Å². The van der Waals surface area contributed by atoms with Crippen LogP contribution < -0.4 is 0 Å². The topological polar surface area (TPSA) is 93.3 Å². The number of aliphatic carboxylic acids is 1. The van der Waals surface area contributed by atoms with Crippen LogP contribution in [0, 0.1) is 10.1 Å². The Morgan fingerprint density at radius 1 is 1.67 bits per heavy atom. The lowest BCUT2D eigenvalue weighted by atomic mass is 10.3. The van der Waals surface area contributed by atoms with Crippen LogP contribution in [0.4, 0.5) is 5.69 Å². The fourth-order valence-electron chi connectivity index (χ4n) is 0.864. The van der Waals surface area contributed by atoms with E-state index in [1.165, 1.54) is 6.20 Å². The van der Waals surface area contributed by atoms with Crippen molar-refractivity contribution in [2.45, 2.75) is 0 Å². The Balaban J connectivity index is 3.17. The molecular weight excluding hydrogens is 224 g/mol. The predicted molar refractivity (Wildman–Crippen MR) is 52.6 cm³/mol. The zero-order valence-corrected chi connectivity index (χ0v) is 8.01. The molecular formula is C8H5ClN2O4. The summed E-state index contributed by atoms with van der Waals surface area (Å²) >= 11 is 5.52. The summed E-state index contributed by atoms with van der Waals surface area (Å²) in [6.07, 6.45) is 3.01. The first-order valence-electron chi connectivity index (χ1n) is 3.71. The van der Waals surface area contributed by atoms with Gasteiger partial charge >= 0.3 is 5.97 Å². The van der Waals surface area contributed by atoms with Crippen LogP contribution in [0.25, 0.3) is 6.08 Å². The number of carbonyl (C=O) groups is 1. The van der Waals surface area contributed by atoms with Gasteiger partial charge in [0.05, 0.1) is 9.95 Å². The van der Waals surface area contributed by atoms with E-state index in [9.17, 15) is 14.9 Å². The van der Waals surface area contributed by atoms with E-state index < -0.39 is 10.9 Å². The number of halogens is 1. The van der Waals surface area contributed by atoms with Gasteiger partial charge in [-0.05, 0) is 6.08 Å². The molecule has 15 heavy (non-hydrogen) atoms. The predicted octanol–water partition coefficient (Wildman–Crippen LogP) is 1.74. The van der Waals surface area contributed by atoms with Gasteiger partial charge in [0.1, 0.15) is 5.69 Å². The van der Waals surface area contributed by atoms with Gasteiger partial charge in [-0.2, -0.15) is 0 Å². The molecule has 1 N–H and O–H groups in total. The molecule has 0 aliphatic heterocycles. The van der Waals surface area contributed by atoms with Crippen LogP contribution in [0.5, 0.6) is 0 Å². The van der Waals surface area contributed by atoms with Crippen LogP contribution in [0.1, 0.15) is 5.69 Å². The van der Waals surface area contributed by atoms with Gasteiger partial charge < -0.3 is 5.11 Å². The van der Waals surface area contributed by atoms with E-state index in [2.05, 4.69) is 4.98 Å². The minimum absolute atomic E-state index is 0.0493. The molecule has 0 saturated heterocycles. The molecule has 0 saturated carbocycles. The van der Waals surface area contributed by atoms with Crippen LogP contribution in [0.15, 0.2) is 18.3 Å². The molecule has 78 valence electrons. The van der Waals surface area contributed by atoms with Crippen molar-refractivity contribution in [2.75, 3.05) is 0 Å². The molecule has 0 radical (unpaired) electrons. The van der Waals surface area contributed by atoms with Gasteiger partial charge in [-0.25, -0.2) is 9.78 Å². The van der Waals surface area contributed by atoms with Gasteiger partial charge in [0.25, 0.3) is 5.69 Å². The minimum Gasteiger partial charge on any atom is -0.478 e. The highest BCUT2D eigenvalue weighted by molar-refractivity contribution is 6.30. The van der Waals surface area contributed by atoms with Crippen molar-refractivity contribution in [2.24, 2.45) is 0 Å². The molecule has 1 heterocycles. The van der Waals surface area contributed by atoms with Gasteiger partial charge in [0.15, 0.2) is 0 Å². The van der Waals surface area contributed by atoms with E-state index in [1.54, 1.807) is 0 Å². The number of carboxylic acids is 1. The van der Waals surface area contributed by atoms with Crippen molar-refractivity contribution < 1.29 is 14.8 Å². The number of pyridine rings is 1.